The SMILES string of the molecule is Cc1ccc2c(CC(=O)N3CCOC(C)C3)coc2c1. The highest BCUT2D eigenvalue weighted by Gasteiger charge is 2.22. The zero-order valence-corrected chi connectivity index (χ0v) is 11.9. The van der Waals surface area contributed by atoms with Crippen molar-refractivity contribution in [1.82, 2.24) is 4.90 Å². The average Bonchev–Trinajstić information content (AvgIpc) is 2.81. The Kier molecular flexibility index (Phi) is 3.49. The van der Waals surface area contributed by atoms with E-state index < -0.39 is 0 Å². The van der Waals surface area contributed by atoms with Crippen LogP contribution in [0.25, 0.3) is 11.0 Å². The van der Waals surface area contributed by atoms with Gasteiger partial charge in [-0.05, 0) is 25.5 Å². The number of fused-ring (bicyclic) bond motifs is 1. The summed E-state index contributed by atoms with van der Waals surface area (Å²) >= 11 is 0. The maximum atomic E-state index is 12.4. The number of furan rings is 1. The Labute approximate surface area is 118 Å². The van der Waals surface area contributed by atoms with E-state index in [0.717, 1.165) is 22.1 Å². The van der Waals surface area contributed by atoms with Crippen molar-refractivity contribution in [1.29, 1.82) is 0 Å². The van der Waals surface area contributed by atoms with Crippen molar-refractivity contribution in [2.75, 3.05) is 19.7 Å². The third-order valence-corrected chi connectivity index (χ3v) is 3.75. The number of carbonyl (C=O) groups is 1. The van der Waals surface area contributed by atoms with Crippen LogP contribution in [0.3, 0.4) is 0 Å². The Morgan fingerprint density at radius 3 is 3.10 bits per heavy atom. The third kappa shape index (κ3) is 2.56. The number of rotatable bonds is 2. The molecule has 0 aliphatic carbocycles. The molecular weight excluding hydrogens is 254 g/mol. The molecule has 0 radical (unpaired) electrons. The van der Waals surface area contributed by atoms with Crippen molar-refractivity contribution in [3.05, 3.63) is 35.6 Å². The normalized spacial score (nSPS) is 19.5. The molecule has 0 N–H and O–H groups in total. The van der Waals surface area contributed by atoms with Gasteiger partial charge in [-0.3, -0.25) is 4.79 Å². The zero-order valence-electron chi connectivity index (χ0n) is 11.9. The summed E-state index contributed by atoms with van der Waals surface area (Å²) in [4.78, 5) is 14.2. The molecule has 106 valence electrons. The van der Waals surface area contributed by atoms with E-state index in [4.69, 9.17) is 9.15 Å². The molecule has 2 heterocycles. The number of morpholine rings is 1. The Balaban J connectivity index is 1.77. The van der Waals surface area contributed by atoms with E-state index in [0.29, 0.717) is 26.1 Å². The number of nitrogens with zero attached hydrogens (tertiary/aromatic N) is 1. The van der Waals surface area contributed by atoms with Gasteiger partial charge in [0.2, 0.25) is 5.91 Å². The molecule has 1 fully saturated rings. The minimum Gasteiger partial charge on any atom is -0.464 e. The maximum absolute atomic E-state index is 12.4. The van der Waals surface area contributed by atoms with Gasteiger partial charge in [-0.1, -0.05) is 12.1 Å². The van der Waals surface area contributed by atoms with E-state index in [2.05, 4.69) is 0 Å². The van der Waals surface area contributed by atoms with Crippen LogP contribution in [0, 0.1) is 6.92 Å². The second-order valence-electron chi connectivity index (χ2n) is 5.46. The zero-order chi connectivity index (χ0) is 14.1. The topological polar surface area (TPSA) is 42.7 Å². The number of hydrogen-bond donors (Lipinski definition) is 0. The first kappa shape index (κ1) is 13.2. The fourth-order valence-corrected chi connectivity index (χ4v) is 2.65. The number of hydrogen-bond acceptors (Lipinski definition) is 3. The molecule has 4 nitrogen and oxygen atoms in total. The van der Waals surface area contributed by atoms with Crippen LogP contribution in [-0.2, 0) is 16.0 Å². The van der Waals surface area contributed by atoms with Crippen molar-refractivity contribution in [2.24, 2.45) is 0 Å². The first-order chi connectivity index (χ1) is 9.63. The van der Waals surface area contributed by atoms with Gasteiger partial charge in [0.05, 0.1) is 25.4 Å². The smallest absolute Gasteiger partial charge is 0.227 e. The third-order valence-electron chi connectivity index (χ3n) is 3.75. The van der Waals surface area contributed by atoms with Gasteiger partial charge in [0.25, 0.3) is 0 Å². The molecule has 0 bridgehead atoms. The van der Waals surface area contributed by atoms with E-state index in [1.54, 1.807) is 6.26 Å². The molecule has 4 heteroatoms. The van der Waals surface area contributed by atoms with Gasteiger partial charge in [0, 0.05) is 24.0 Å². The lowest BCUT2D eigenvalue weighted by Crippen LogP contribution is -2.45. The molecule has 1 aliphatic rings. The number of aryl methyl sites for hydroxylation is 1. The Morgan fingerprint density at radius 1 is 1.45 bits per heavy atom. The largest absolute Gasteiger partial charge is 0.464 e. The predicted octanol–water partition coefficient (Wildman–Crippen LogP) is 2.53. The summed E-state index contributed by atoms with van der Waals surface area (Å²) < 4.78 is 11.0. The molecule has 0 saturated carbocycles. The van der Waals surface area contributed by atoms with E-state index >= 15 is 0 Å². The van der Waals surface area contributed by atoms with E-state index in [1.165, 1.54) is 0 Å². The fourth-order valence-electron chi connectivity index (χ4n) is 2.65. The van der Waals surface area contributed by atoms with Gasteiger partial charge < -0.3 is 14.1 Å². The van der Waals surface area contributed by atoms with E-state index in [9.17, 15) is 4.79 Å². The van der Waals surface area contributed by atoms with Crippen molar-refractivity contribution in [3.63, 3.8) is 0 Å². The molecule has 2 aromatic rings. The number of benzene rings is 1. The summed E-state index contributed by atoms with van der Waals surface area (Å²) in [6.45, 7) is 6.00. The lowest BCUT2D eigenvalue weighted by molar-refractivity contribution is -0.137. The van der Waals surface area contributed by atoms with Crippen LogP contribution in [-0.4, -0.2) is 36.6 Å². The van der Waals surface area contributed by atoms with Gasteiger partial charge in [-0.25, -0.2) is 0 Å². The van der Waals surface area contributed by atoms with Crippen molar-refractivity contribution >= 4 is 16.9 Å². The van der Waals surface area contributed by atoms with Gasteiger partial charge in [-0.2, -0.15) is 0 Å². The molecular formula is C16H19NO3. The predicted molar refractivity (Wildman–Crippen MR) is 76.6 cm³/mol. The summed E-state index contributed by atoms with van der Waals surface area (Å²) in [6, 6.07) is 6.07. The van der Waals surface area contributed by atoms with Crippen LogP contribution < -0.4 is 0 Å². The molecule has 0 spiro atoms. The van der Waals surface area contributed by atoms with Gasteiger partial charge in [-0.15, -0.1) is 0 Å². The number of carbonyl (C=O) groups excluding carboxylic acids is 1. The molecule has 3 rings (SSSR count). The summed E-state index contributed by atoms with van der Waals surface area (Å²) in [5, 5.41) is 1.03. The molecule has 1 aromatic carbocycles. The van der Waals surface area contributed by atoms with Crippen LogP contribution in [0.2, 0.25) is 0 Å². The van der Waals surface area contributed by atoms with Gasteiger partial charge in [0.1, 0.15) is 5.58 Å². The van der Waals surface area contributed by atoms with Crippen LogP contribution >= 0.6 is 0 Å². The number of amides is 1. The van der Waals surface area contributed by atoms with E-state index in [-0.39, 0.29) is 12.0 Å². The minimum absolute atomic E-state index is 0.122. The van der Waals surface area contributed by atoms with Gasteiger partial charge >= 0.3 is 0 Å². The minimum atomic E-state index is 0.122. The molecule has 1 unspecified atom stereocenters. The quantitative estimate of drug-likeness (QED) is 0.844. The standard InChI is InChI=1S/C16H19NO3/c1-11-3-4-14-13(10-20-15(14)7-11)8-16(18)17-5-6-19-12(2)9-17/h3-4,7,10,12H,5-6,8-9H2,1-2H3. The Hall–Kier alpha value is -1.81. The van der Waals surface area contributed by atoms with E-state index in [1.807, 2.05) is 36.9 Å². The second kappa shape index (κ2) is 5.29. The summed E-state index contributed by atoms with van der Waals surface area (Å²) in [7, 11) is 0. The average molecular weight is 273 g/mol. The summed E-state index contributed by atoms with van der Waals surface area (Å²) in [5.74, 6) is 0.142. The Morgan fingerprint density at radius 2 is 2.30 bits per heavy atom. The van der Waals surface area contributed by atoms with Crippen LogP contribution in [0.5, 0.6) is 0 Å². The fraction of sp³-hybridized carbons (Fsp3) is 0.438. The van der Waals surface area contributed by atoms with Gasteiger partial charge in [0.15, 0.2) is 0 Å². The number of ether oxygens (including phenoxy) is 1. The molecule has 1 aromatic heterocycles. The van der Waals surface area contributed by atoms with Crippen molar-refractivity contribution in [3.8, 4) is 0 Å². The highest BCUT2D eigenvalue weighted by atomic mass is 16.5. The monoisotopic (exact) mass is 273 g/mol. The van der Waals surface area contributed by atoms with Crippen molar-refractivity contribution < 1.29 is 13.9 Å². The molecule has 1 amide bonds. The lowest BCUT2D eigenvalue weighted by atomic mass is 10.1. The highest BCUT2D eigenvalue weighted by molar-refractivity contribution is 5.88. The molecule has 1 atom stereocenters. The molecule has 1 aliphatic heterocycles. The maximum Gasteiger partial charge on any atom is 0.227 e. The molecule has 20 heavy (non-hydrogen) atoms. The second-order valence-corrected chi connectivity index (χ2v) is 5.46. The summed E-state index contributed by atoms with van der Waals surface area (Å²) in [6.07, 6.45) is 2.21. The first-order valence-corrected chi connectivity index (χ1v) is 6.99. The van der Waals surface area contributed by atoms with Crippen molar-refractivity contribution in [2.45, 2.75) is 26.4 Å². The summed E-state index contributed by atoms with van der Waals surface area (Å²) in [5.41, 5.74) is 2.97. The van der Waals surface area contributed by atoms with Crippen LogP contribution in [0.4, 0.5) is 0 Å². The van der Waals surface area contributed by atoms with Crippen LogP contribution in [0.1, 0.15) is 18.1 Å². The highest BCUT2D eigenvalue weighted by Crippen LogP contribution is 2.23. The first-order valence-electron chi connectivity index (χ1n) is 6.99. The Bertz CT molecular complexity index is 632. The molecule has 1 saturated heterocycles. The lowest BCUT2D eigenvalue weighted by Gasteiger charge is -2.31. The van der Waals surface area contributed by atoms with Crippen LogP contribution in [0.15, 0.2) is 28.9 Å².